The molecule has 0 bridgehead atoms. The molecular weight excluding hydrogens is 612 g/mol. The van der Waals surface area contributed by atoms with E-state index in [0.717, 1.165) is 12.1 Å². The van der Waals surface area contributed by atoms with Crippen LogP contribution in [0.4, 0.5) is 20.4 Å². The average Bonchev–Trinajstić information content (AvgIpc) is 3.87. The Balaban J connectivity index is 1.20. The van der Waals surface area contributed by atoms with Gasteiger partial charge in [0.2, 0.25) is 11.8 Å². The number of aromatic nitrogens is 6. The Morgan fingerprint density at radius 1 is 1.00 bits per heavy atom. The number of carbonyl (C=O) groups is 1. The monoisotopic (exact) mass is 643 g/mol. The fraction of sp³-hybridized carbons (Fsp3) is 0.281. The fourth-order valence-electron chi connectivity index (χ4n) is 5.91. The number of benzene rings is 2. The molecule has 47 heavy (non-hydrogen) atoms. The van der Waals surface area contributed by atoms with Gasteiger partial charge in [0.15, 0.2) is 34.2 Å². The molecule has 6 aromatic rings. The van der Waals surface area contributed by atoms with E-state index in [2.05, 4.69) is 20.2 Å². The Bertz CT molecular complexity index is 2060. The Hall–Kier alpha value is -5.57. The molecule has 2 aromatic carbocycles. The molecule has 1 fully saturated rings. The summed E-state index contributed by atoms with van der Waals surface area (Å²) in [5, 5.41) is 9.66. The summed E-state index contributed by atoms with van der Waals surface area (Å²) in [5.41, 5.74) is 6.53. The van der Waals surface area contributed by atoms with Crippen molar-refractivity contribution >= 4 is 34.2 Å². The number of nitrogen functional groups attached to an aromatic ring is 1. The third kappa shape index (κ3) is 5.17. The van der Waals surface area contributed by atoms with Gasteiger partial charge in [-0.15, -0.1) is 5.10 Å². The molecule has 0 unspecified atom stereocenters. The number of hydrogen-bond donors (Lipinski definition) is 1. The van der Waals surface area contributed by atoms with E-state index in [1.807, 2.05) is 30.3 Å². The predicted molar refractivity (Wildman–Crippen MR) is 168 cm³/mol. The smallest absolute Gasteiger partial charge is 0.255 e. The van der Waals surface area contributed by atoms with Crippen LogP contribution in [0.5, 0.6) is 5.75 Å². The number of rotatable bonds is 9. The Kier molecular flexibility index (Phi) is 7.67. The van der Waals surface area contributed by atoms with E-state index in [1.165, 1.54) is 17.9 Å². The molecule has 0 aliphatic carbocycles. The van der Waals surface area contributed by atoms with Crippen molar-refractivity contribution in [1.29, 1.82) is 0 Å². The van der Waals surface area contributed by atoms with Crippen LogP contribution >= 0.6 is 0 Å². The molecule has 1 amide bonds. The average molecular weight is 644 g/mol. The molecule has 0 radical (unpaired) electrons. The van der Waals surface area contributed by atoms with Gasteiger partial charge in [-0.05, 0) is 24.6 Å². The highest BCUT2D eigenvalue weighted by molar-refractivity contribution is 5.94. The van der Waals surface area contributed by atoms with E-state index >= 15 is 4.39 Å². The molecule has 5 heterocycles. The van der Waals surface area contributed by atoms with Crippen LogP contribution in [-0.4, -0.2) is 86.7 Å². The number of hydrogen-bond acceptors (Lipinski definition) is 10. The molecule has 1 aliphatic heterocycles. The lowest BCUT2D eigenvalue weighted by Gasteiger charge is -2.41. The lowest BCUT2D eigenvalue weighted by atomic mass is 9.90. The summed E-state index contributed by atoms with van der Waals surface area (Å²) in [6, 6.07) is 14.9. The number of piperazine rings is 1. The summed E-state index contributed by atoms with van der Waals surface area (Å²) in [6.45, 7) is 3.18. The van der Waals surface area contributed by atoms with E-state index < -0.39 is 17.2 Å². The molecular formula is C32H31F2N9O4. The maximum Gasteiger partial charge on any atom is 0.255 e. The number of furan rings is 1. The number of halogens is 2. The Labute approximate surface area is 267 Å². The molecule has 4 aromatic heterocycles. The van der Waals surface area contributed by atoms with Crippen molar-refractivity contribution in [3.63, 3.8) is 0 Å². The second-order valence-corrected chi connectivity index (χ2v) is 11.2. The number of nitrogens with two attached hydrogens (primary N) is 1. The minimum Gasteiger partial charge on any atom is -0.488 e. The van der Waals surface area contributed by atoms with E-state index in [4.69, 9.17) is 19.6 Å². The maximum atomic E-state index is 15.1. The third-order valence-electron chi connectivity index (χ3n) is 8.40. The summed E-state index contributed by atoms with van der Waals surface area (Å²) in [6.07, 6.45) is 3.11. The van der Waals surface area contributed by atoms with Gasteiger partial charge in [-0.25, -0.2) is 18.4 Å². The van der Waals surface area contributed by atoms with Crippen molar-refractivity contribution in [3.8, 4) is 17.3 Å². The number of nitrogens with zero attached hydrogens (tertiary/aromatic N) is 8. The zero-order valence-corrected chi connectivity index (χ0v) is 25.6. The largest absolute Gasteiger partial charge is 0.488 e. The standard InChI is InChI=1S/C32H31F2N9O4/c1-32(20-7-4-3-5-8-20,43-29-21(19-36-43)28-37-27(25-9-6-14-46-25)39-42(28)31(35)38-29)30(44)41-12-10-40(11-13-41)24-17-23(34)26(18-22(24)33)47-16-15-45-2/h3-9,14,17-19H,10-13,15-16H2,1-2H3,(H2,35,38)/t32-/m1/s1. The van der Waals surface area contributed by atoms with Crippen LogP contribution in [0.3, 0.4) is 0 Å². The highest BCUT2D eigenvalue weighted by Gasteiger charge is 2.43. The van der Waals surface area contributed by atoms with Crippen LogP contribution in [0.2, 0.25) is 0 Å². The van der Waals surface area contributed by atoms with Crippen molar-refractivity contribution in [1.82, 2.24) is 34.3 Å². The van der Waals surface area contributed by atoms with Gasteiger partial charge in [-0.2, -0.15) is 14.6 Å². The fourth-order valence-corrected chi connectivity index (χ4v) is 5.91. The Morgan fingerprint density at radius 2 is 1.79 bits per heavy atom. The number of ether oxygens (including phenoxy) is 2. The molecule has 13 nitrogen and oxygen atoms in total. The van der Waals surface area contributed by atoms with E-state index in [9.17, 15) is 9.18 Å². The van der Waals surface area contributed by atoms with Crippen LogP contribution in [0, 0.1) is 11.6 Å². The normalized spacial score (nSPS) is 15.0. The first-order valence-corrected chi connectivity index (χ1v) is 14.9. The quantitative estimate of drug-likeness (QED) is 0.232. The molecule has 1 aliphatic rings. The molecule has 242 valence electrons. The first kappa shape index (κ1) is 30.1. The van der Waals surface area contributed by atoms with Gasteiger partial charge < -0.3 is 29.4 Å². The van der Waals surface area contributed by atoms with E-state index in [1.54, 1.807) is 39.7 Å². The van der Waals surface area contributed by atoms with Crippen LogP contribution in [0.1, 0.15) is 12.5 Å². The first-order chi connectivity index (χ1) is 22.8. The van der Waals surface area contributed by atoms with Crippen LogP contribution in [0.15, 0.2) is 71.5 Å². The highest BCUT2D eigenvalue weighted by Crippen LogP contribution is 2.34. The molecule has 2 N–H and O–H groups in total. The second-order valence-electron chi connectivity index (χ2n) is 11.2. The molecule has 0 spiro atoms. The van der Waals surface area contributed by atoms with E-state index in [0.29, 0.717) is 33.8 Å². The van der Waals surface area contributed by atoms with Gasteiger partial charge in [-0.3, -0.25) is 4.79 Å². The summed E-state index contributed by atoms with van der Waals surface area (Å²) in [4.78, 5) is 27.2. The minimum atomic E-state index is -1.36. The van der Waals surface area contributed by atoms with Gasteiger partial charge in [0.25, 0.3) is 5.91 Å². The second kappa shape index (κ2) is 12.0. The van der Waals surface area contributed by atoms with Crippen molar-refractivity contribution in [3.05, 3.63) is 84.3 Å². The zero-order valence-electron chi connectivity index (χ0n) is 25.6. The van der Waals surface area contributed by atoms with Gasteiger partial charge in [0.1, 0.15) is 12.4 Å². The van der Waals surface area contributed by atoms with Crippen LogP contribution < -0.4 is 15.4 Å². The number of amides is 1. The van der Waals surface area contributed by atoms with Gasteiger partial charge in [-0.1, -0.05) is 30.3 Å². The van der Waals surface area contributed by atoms with Crippen molar-refractivity contribution in [2.45, 2.75) is 12.5 Å². The van der Waals surface area contributed by atoms with Crippen LogP contribution in [-0.2, 0) is 15.1 Å². The lowest BCUT2D eigenvalue weighted by Crippen LogP contribution is -2.56. The zero-order chi connectivity index (χ0) is 32.7. The summed E-state index contributed by atoms with van der Waals surface area (Å²) in [5.74, 6) is -0.881. The summed E-state index contributed by atoms with van der Waals surface area (Å²) < 4.78 is 48.5. The SMILES string of the molecule is COCCOc1cc(F)c(N2CCN(C(=O)[C@@](C)(c3ccccc3)n3ncc4c3nc(N)n3nc(-c5ccco5)nc43)CC2)cc1F. The molecule has 1 atom stereocenters. The molecule has 15 heteroatoms. The maximum absolute atomic E-state index is 15.1. The van der Waals surface area contributed by atoms with Crippen LogP contribution in [0.25, 0.3) is 28.3 Å². The third-order valence-corrected chi connectivity index (χ3v) is 8.40. The number of methoxy groups -OCH3 is 1. The highest BCUT2D eigenvalue weighted by atomic mass is 19.1. The Morgan fingerprint density at radius 3 is 2.51 bits per heavy atom. The van der Waals surface area contributed by atoms with Crippen molar-refractivity contribution in [2.24, 2.45) is 0 Å². The predicted octanol–water partition coefficient (Wildman–Crippen LogP) is 3.73. The van der Waals surface area contributed by atoms with Crippen molar-refractivity contribution in [2.75, 3.05) is 57.1 Å². The van der Waals surface area contributed by atoms with E-state index in [-0.39, 0.29) is 62.7 Å². The number of anilines is 2. The summed E-state index contributed by atoms with van der Waals surface area (Å²) >= 11 is 0. The molecule has 1 saturated heterocycles. The topological polar surface area (TPSA) is 142 Å². The van der Waals surface area contributed by atoms with Crippen molar-refractivity contribution < 1.29 is 27.5 Å². The van der Waals surface area contributed by atoms with Gasteiger partial charge in [0.05, 0.1) is 30.1 Å². The lowest BCUT2D eigenvalue weighted by molar-refractivity contribution is -0.138. The van der Waals surface area contributed by atoms with Gasteiger partial charge in [0, 0.05) is 45.4 Å². The first-order valence-electron chi connectivity index (χ1n) is 14.9. The van der Waals surface area contributed by atoms with Gasteiger partial charge >= 0.3 is 0 Å². The number of fused-ring (bicyclic) bond motifs is 3. The number of carbonyl (C=O) groups excluding carboxylic acids is 1. The summed E-state index contributed by atoms with van der Waals surface area (Å²) in [7, 11) is 1.50. The molecule has 7 rings (SSSR count). The molecule has 0 saturated carbocycles. The minimum absolute atomic E-state index is 0.0559.